The van der Waals surface area contributed by atoms with E-state index in [2.05, 4.69) is 57.0 Å². The van der Waals surface area contributed by atoms with Crippen LogP contribution in [0, 0.1) is 18.3 Å². The summed E-state index contributed by atoms with van der Waals surface area (Å²) in [6.07, 6.45) is 4.43. The van der Waals surface area contributed by atoms with Crippen molar-refractivity contribution < 1.29 is 4.79 Å². The highest BCUT2D eigenvalue weighted by Gasteiger charge is 2.56. The minimum atomic E-state index is 0.130. The smallest absolute Gasteiger partial charge is 0.167 e. The number of Topliss-reactive ketones (excluding diaryl/α,β-unsaturated/α-hetero) is 1. The van der Waals surface area contributed by atoms with Gasteiger partial charge in [-0.25, -0.2) is 4.98 Å². The van der Waals surface area contributed by atoms with Crippen LogP contribution in [0.1, 0.15) is 39.2 Å². The summed E-state index contributed by atoms with van der Waals surface area (Å²) in [5.41, 5.74) is 9.65. The van der Waals surface area contributed by atoms with Gasteiger partial charge in [0.25, 0.3) is 0 Å². The maximum Gasteiger partial charge on any atom is 0.167 e. The zero-order valence-corrected chi connectivity index (χ0v) is 17.1. The van der Waals surface area contributed by atoms with Gasteiger partial charge in [-0.05, 0) is 74.1 Å². The number of allylic oxidation sites excluding steroid dienone is 5. The summed E-state index contributed by atoms with van der Waals surface area (Å²) in [4.78, 5) is 21.1. The van der Waals surface area contributed by atoms with Crippen LogP contribution in [-0.4, -0.2) is 21.5 Å². The fourth-order valence-electron chi connectivity index (χ4n) is 4.85. The molecule has 0 bridgehead atoms. The Kier molecular flexibility index (Phi) is 3.61. The Balaban J connectivity index is 1.46. The second-order valence-electron chi connectivity index (χ2n) is 8.31. The summed E-state index contributed by atoms with van der Waals surface area (Å²) in [6, 6.07) is 6.29. The van der Waals surface area contributed by atoms with Crippen LogP contribution in [0.15, 0.2) is 57.3 Å². The number of nitrogens with zero attached hydrogens (tertiary/aromatic N) is 1. The minimum absolute atomic E-state index is 0.130. The van der Waals surface area contributed by atoms with Crippen molar-refractivity contribution >= 4 is 28.6 Å². The first kappa shape index (κ1) is 17.1. The lowest BCUT2D eigenvalue weighted by Crippen LogP contribution is -2.31. The number of ketones is 1. The van der Waals surface area contributed by atoms with Gasteiger partial charge < -0.3 is 4.98 Å². The first-order chi connectivity index (χ1) is 12.9. The zero-order chi connectivity index (χ0) is 18.9. The highest BCUT2D eigenvalue weighted by Crippen LogP contribution is 2.63. The van der Waals surface area contributed by atoms with Gasteiger partial charge in [0.2, 0.25) is 0 Å². The number of fused-ring (bicyclic) bond motifs is 2. The van der Waals surface area contributed by atoms with E-state index in [1.165, 1.54) is 27.9 Å². The van der Waals surface area contributed by atoms with Crippen LogP contribution in [0.2, 0.25) is 0 Å². The normalized spacial score (nSPS) is 23.5. The number of imidazole rings is 1. The molecular formula is C23H24N2OS. The molecule has 0 unspecified atom stereocenters. The SMILES string of the molecule is CC1=C(CSc2nc3ccc(C)cc3[nH]2)C2=C(C)C3(CC3)[C@H](C)C(=O)C2=C1. The molecule has 138 valence electrons. The highest BCUT2D eigenvalue weighted by molar-refractivity contribution is 7.99. The molecule has 1 aromatic heterocycles. The molecule has 1 heterocycles. The van der Waals surface area contributed by atoms with Crippen molar-refractivity contribution in [2.45, 2.75) is 45.7 Å². The fourth-order valence-corrected chi connectivity index (χ4v) is 5.85. The molecule has 3 aliphatic carbocycles. The lowest BCUT2D eigenvalue weighted by atomic mass is 9.70. The molecule has 1 aromatic carbocycles. The molecule has 4 heteroatoms. The summed E-state index contributed by atoms with van der Waals surface area (Å²) < 4.78 is 0. The summed E-state index contributed by atoms with van der Waals surface area (Å²) in [6.45, 7) is 8.61. The van der Waals surface area contributed by atoms with Gasteiger partial charge in [0.15, 0.2) is 10.9 Å². The largest absolute Gasteiger partial charge is 0.333 e. The third kappa shape index (κ3) is 2.42. The van der Waals surface area contributed by atoms with Gasteiger partial charge >= 0.3 is 0 Å². The topological polar surface area (TPSA) is 45.8 Å². The maximum atomic E-state index is 13.0. The first-order valence-corrected chi connectivity index (χ1v) is 10.7. The van der Waals surface area contributed by atoms with Crippen LogP contribution >= 0.6 is 11.8 Å². The molecule has 1 N–H and O–H groups in total. The van der Waals surface area contributed by atoms with E-state index in [-0.39, 0.29) is 11.3 Å². The summed E-state index contributed by atoms with van der Waals surface area (Å²) >= 11 is 1.73. The van der Waals surface area contributed by atoms with E-state index in [9.17, 15) is 4.79 Å². The van der Waals surface area contributed by atoms with Crippen molar-refractivity contribution in [3.63, 3.8) is 0 Å². The third-order valence-electron chi connectivity index (χ3n) is 6.77. The Morgan fingerprint density at radius 3 is 2.78 bits per heavy atom. The Labute approximate surface area is 164 Å². The van der Waals surface area contributed by atoms with Crippen molar-refractivity contribution in [2.24, 2.45) is 11.3 Å². The molecule has 0 aliphatic heterocycles. The second kappa shape index (κ2) is 5.71. The Hall–Kier alpha value is -2.07. The molecule has 0 saturated heterocycles. The van der Waals surface area contributed by atoms with Crippen LogP contribution in [0.25, 0.3) is 11.0 Å². The average Bonchev–Trinajstić information content (AvgIpc) is 3.24. The highest BCUT2D eigenvalue weighted by atomic mass is 32.2. The summed E-state index contributed by atoms with van der Waals surface area (Å²) in [5, 5.41) is 0.944. The van der Waals surface area contributed by atoms with Crippen LogP contribution in [0.5, 0.6) is 0 Å². The van der Waals surface area contributed by atoms with Gasteiger partial charge in [-0.3, -0.25) is 4.79 Å². The van der Waals surface area contributed by atoms with E-state index < -0.39 is 0 Å². The number of H-pyrrole nitrogens is 1. The van der Waals surface area contributed by atoms with E-state index in [1.807, 2.05) is 0 Å². The molecule has 3 nitrogen and oxygen atoms in total. The van der Waals surface area contributed by atoms with Gasteiger partial charge in [-0.15, -0.1) is 0 Å². The lowest BCUT2D eigenvalue weighted by molar-refractivity contribution is -0.120. The molecule has 0 amide bonds. The molecule has 1 saturated carbocycles. The number of hydrogen-bond donors (Lipinski definition) is 1. The standard InChI is InChI=1S/C23H24N2OS/c1-12-5-6-18-19(9-12)25-22(24-18)27-11-17-13(2)10-16-20(17)14(3)23(7-8-23)15(4)21(16)26/h5-6,9-10,15H,7-8,11H2,1-4H3,(H,24,25)/t15-/m1/s1. The number of hydrogen-bond acceptors (Lipinski definition) is 3. The molecule has 1 fully saturated rings. The Morgan fingerprint density at radius 1 is 1.26 bits per heavy atom. The van der Waals surface area contributed by atoms with Crippen molar-refractivity contribution in [3.8, 4) is 0 Å². The number of aromatic amines is 1. The van der Waals surface area contributed by atoms with Gasteiger partial charge in [0, 0.05) is 22.7 Å². The minimum Gasteiger partial charge on any atom is -0.333 e. The number of thioether (sulfide) groups is 1. The number of benzene rings is 1. The van der Waals surface area contributed by atoms with E-state index in [0.29, 0.717) is 5.78 Å². The number of carbonyl (C=O) groups excluding carboxylic acids is 1. The number of aryl methyl sites for hydroxylation is 1. The number of rotatable bonds is 3. The average molecular weight is 377 g/mol. The molecule has 1 spiro atoms. The third-order valence-corrected chi connectivity index (χ3v) is 7.67. The van der Waals surface area contributed by atoms with Crippen molar-refractivity contribution in [1.82, 2.24) is 9.97 Å². The number of nitrogens with one attached hydrogen (secondary N) is 1. The molecule has 27 heavy (non-hydrogen) atoms. The Bertz CT molecular complexity index is 1090. The van der Waals surface area contributed by atoms with E-state index in [4.69, 9.17) is 4.98 Å². The molecule has 1 atom stereocenters. The van der Waals surface area contributed by atoms with Gasteiger partial charge in [0.05, 0.1) is 11.0 Å². The molecule has 2 aromatic rings. The van der Waals surface area contributed by atoms with Crippen LogP contribution < -0.4 is 0 Å². The molecule has 0 radical (unpaired) electrons. The van der Waals surface area contributed by atoms with Crippen molar-refractivity contribution in [3.05, 3.63) is 57.7 Å². The van der Waals surface area contributed by atoms with E-state index in [1.54, 1.807) is 11.8 Å². The maximum absolute atomic E-state index is 13.0. The van der Waals surface area contributed by atoms with Gasteiger partial charge in [-0.1, -0.05) is 30.3 Å². The van der Waals surface area contributed by atoms with Crippen LogP contribution in [0.4, 0.5) is 0 Å². The number of aromatic nitrogens is 2. The fraction of sp³-hybridized carbons (Fsp3) is 0.391. The molecule has 5 rings (SSSR count). The van der Waals surface area contributed by atoms with E-state index >= 15 is 0 Å². The van der Waals surface area contributed by atoms with Gasteiger partial charge in [0.1, 0.15) is 0 Å². The summed E-state index contributed by atoms with van der Waals surface area (Å²) in [7, 11) is 0. The molecule has 3 aliphatic rings. The predicted octanol–water partition coefficient (Wildman–Crippen LogP) is 5.54. The predicted molar refractivity (Wildman–Crippen MR) is 111 cm³/mol. The second-order valence-corrected chi connectivity index (χ2v) is 9.28. The summed E-state index contributed by atoms with van der Waals surface area (Å²) in [5.74, 6) is 1.31. The number of carbonyl (C=O) groups is 1. The first-order valence-electron chi connectivity index (χ1n) is 9.67. The van der Waals surface area contributed by atoms with E-state index in [0.717, 1.165) is 40.4 Å². The lowest BCUT2D eigenvalue weighted by Gasteiger charge is -2.32. The molecular weight excluding hydrogens is 352 g/mol. The van der Waals surface area contributed by atoms with Crippen LogP contribution in [0.3, 0.4) is 0 Å². The zero-order valence-electron chi connectivity index (χ0n) is 16.3. The Morgan fingerprint density at radius 2 is 2.04 bits per heavy atom. The van der Waals surface area contributed by atoms with Crippen molar-refractivity contribution in [1.29, 1.82) is 0 Å². The van der Waals surface area contributed by atoms with Gasteiger partial charge in [-0.2, -0.15) is 0 Å². The quantitative estimate of drug-likeness (QED) is 0.716. The van der Waals surface area contributed by atoms with Crippen LogP contribution in [-0.2, 0) is 4.79 Å². The monoisotopic (exact) mass is 376 g/mol. The van der Waals surface area contributed by atoms with Crippen molar-refractivity contribution in [2.75, 3.05) is 5.75 Å².